The lowest BCUT2D eigenvalue weighted by atomic mass is 10.1. The Balaban J connectivity index is 1.41. The van der Waals surface area contributed by atoms with Gasteiger partial charge >= 0.3 is 0 Å². The number of aryl methyl sites for hydroxylation is 1. The van der Waals surface area contributed by atoms with Crippen molar-refractivity contribution in [2.45, 2.75) is 26.3 Å². The molecule has 0 fully saturated rings. The van der Waals surface area contributed by atoms with Crippen LogP contribution in [0.5, 0.6) is 0 Å². The minimum absolute atomic E-state index is 0.0440. The van der Waals surface area contributed by atoms with E-state index in [1.54, 1.807) is 27.2 Å². The number of hydrogen-bond acceptors (Lipinski definition) is 5. The Labute approximate surface area is 179 Å². The van der Waals surface area contributed by atoms with E-state index in [1.165, 1.54) is 11.9 Å². The summed E-state index contributed by atoms with van der Waals surface area (Å²) in [6.45, 7) is 4.09. The van der Waals surface area contributed by atoms with E-state index in [0.717, 1.165) is 27.5 Å². The molecule has 2 aromatic carbocycles. The average molecular weight is 418 g/mol. The monoisotopic (exact) mass is 417 g/mol. The Bertz CT molecular complexity index is 1120. The number of carbonyl (C=O) groups excluding carboxylic acids is 1. The standard InChI is InChI=1S/C23H23N5OS/c1-16-4-6-19(7-5-16)23-26-20(13-30-23)12-22(29)27(3)17(2)18-8-10-21(11-9-18)28-15-24-14-25-28/h4-11,13-15,17H,12H2,1-3H3. The lowest BCUT2D eigenvalue weighted by molar-refractivity contribution is -0.131. The van der Waals surface area contributed by atoms with Crippen LogP contribution in [0.25, 0.3) is 16.3 Å². The second-order valence-corrected chi connectivity index (χ2v) is 8.16. The van der Waals surface area contributed by atoms with Crippen LogP contribution in [-0.4, -0.2) is 37.6 Å². The molecule has 2 heterocycles. The molecule has 0 radical (unpaired) electrons. The molecule has 1 unspecified atom stereocenters. The molecule has 1 amide bonds. The van der Waals surface area contributed by atoms with Crippen molar-refractivity contribution in [2.24, 2.45) is 0 Å². The van der Waals surface area contributed by atoms with Gasteiger partial charge < -0.3 is 4.90 Å². The van der Waals surface area contributed by atoms with Gasteiger partial charge in [0.25, 0.3) is 0 Å². The summed E-state index contributed by atoms with van der Waals surface area (Å²) >= 11 is 1.57. The maximum absolute atomic E-state index is 12.8. The van der Waals surface area contributed by atoms with Crippen molar-refractivity contribution in [1.82, 2.24) is 24.6 Å². The van der Waals surface area contributed by atoms with E-state index in [4.69, 9.17) is 0 Å². The van der Waals surface area contributed by atoms with Gasteiger partial charge in [-0.2, -0.15) is 5.10 Å². The second kappa shape index (κ2) is 8.59. The minimum Gasteiger partial charge on any atom is -0.339 e. The molecule has 0 spiro atoms. The number of hydrogen-bond donors (Lipinski definition) is 0. The van der Waals surface area contributed by atoms with Crippen LogP contribution in [0.4, 0.5) is 0 Å². The largest absolute Gasteiger partial charge is 0.339 e. The lowest BCUT2D eigenvalue weighted by Crippen LogP contribution is -2.31. The van der Waals surface area contributed by atoms with Gasteiger partial charge in [-0.1, -0.05) is 42.0 Å². The third kappa shape index (κ3) is 4.31. The summed E-state index contributed by atoms with van der Waals surface area (Å²) in [5.41, 5.74) is 5.10. The van der Waals surface area contributed by atoms with E-state index in [2.05, 4.69) is 46.3 Å². The molecule has 1 atom stereocenters. The molecule has 0 bridgehead atoms. The second-order valence-electron chi connectivity index (χ2n) is 7.30. The summed E-state index contributed by atoms with van der Waals surface area (Å²) in [6.07, 6.45) is 3.46. The summed E-state index contributed by atoms with van der Waals surface area (Å²) in [5.74, 6) is 0.0450. The topological polar surface area (TPSA) is 63.9 Å². The van der Waals surface area contributed by atoms with Gasteiger partial charge in [-0.3, -0.25) is 4.79 Å². The number of carbonyl (C=O) groups is 1. The number of likely N-dealkylation sites (N-methyl/N-ethyl adjacent to an activating group) is 1. The van der Waals surface area contributed by atoms with Crippen molar-refractivity contribution in [2.75, 3.05) is 7.05 Å². The Morgan fingerprint density at radius 2 is 1.87 bits per heavy atom. The van der Waals surface area contributed by atoms with Crippen LogP contribution in [0, 0.1) is 6.92 Å². The van der Waals surface area contributed by atoms with Crippen LogP contribution in [0.3, 0.4) is 0 Å². The predicted octanol–water partition coefficient (Wildman–Crippen LogP) is 4.46. The van der Waals surface area contributed by atoms with E-state index in [-0.39, 0.29) is 11.9 Å². The SMILES string of the molecule is Cc1ccc(-c2nc(CC(=O)N(C)C(C)c3ccc(-n4cncn4)cc3)cs2)cc1. The third-order valence-corrected chi connectivity index (χ3v) is 6.16. The average Bonchev–Trinajstić information content (AvgIpc) is 3.46. The fourth-order valence-corrected chi connectivity index (χ4v) is 4.01. The maximum Gasteiger partial charge on any atom is 0.228 e. The Morgan fingerprint density at radius 1 is 1.13 bits per heavy atom. The molecule has 0 aliphatic rings. The molecule has 0 saturated carbocycles. The first-order chi connectivity index (χ1) is 14.5. The Hall–Kier alpha value is -3.32. The fraction of sp³-hybridized carbons (Fsp3) is 0.217. The van der Waals surface area contributed by atoms with E-state index in [9.17, 15) is 4.79 Å². The Kier molecular flexibility index (Phi) is 5.72. The first kappa shape index (κ1) is 20.0. The number of rotatable bonds is 6. The zero-order valence-electron chi connectivity index (χ0n) is 17.2. The molecular formula is C23H23N5OS. The zero-order valence-corrected chi connectivity index (χ0v) is 18.0. The highest BCUT2D eigenvalue weighted by molar-refractivity contribution is 7.13. The number of aromatic nitrogens is 4. The van der Waals surface area contributed by atoms with Crippen LogP contribution in [0.2, 0.25) is 0 Å². The number of thiazole rings is 1. The summed E-state index contributed by atoms with van der Waals surface area (Å²) in [5, 5.41) is 7.05. The van der Waals surface area contributed by atoms with E-state index in [1.807, 2.05) is 43.6 Å². The fourth-order valence-electron chi connectivity index (χ4n) is 3.18. The molecule has 6 nitrogen and oxygen atoms in total. The molecule has 0 aliphatic heterocycles. The summed E-state index contributed by atoms with van der Waals surface area (Å²) in [6, 6.07) is 16.2. The van der Waals surface area contributed by atoms with Crippen LogP contribution in [-0.2, 0) is 11.2 Å². The molecule has 0 saturated heterocycles. The van der Waals surface area contributed by atoms with Crippen LogP contribution in [0.1, 0.15) is 29.8 Å². The molecular weight excluding hydrogens is 394 g/mol. The molecule has 7 heteroatoms. The van der Waals surface area contributed by atoms with Gasteiger partial charge in [0.15, 0.2) is 0 Å². The Morgan fingerprint density at radius 3 is 2.53 bits per heavy atom. The molecule has 2 aromatic heterocycles. The molecule has 4 aromatic rings. The third-order valence-electron chi connectivity index (χ3n) is 5.22. The summed E-state index contributed by atoms with van der Waals surface area (Å²) in [4.78, 5) is 23.2. The van der Waals surface area contributed by atoms with Crippen LogP contribution in [0.15, 0.2) is 66.6 Å². The number of nitrogens with zero attached hydrogens (tertiary/aromatic N) is 5. The van der Waals surface area contributed by atoms with Crippen LogP contribution >= 0.6 is 11.3 Å². The van der Waals surface area contributed by atoms with Gasteiger partial charge in [-0.25, -0.2) is 14.6 Å². The molecule has 4 rings (SSSR count). The van der Waals surface area contributed by atoms with Crippen molar-refractivity contribution in [3.05, 3.63) is 83.4 Å². The van der Waals surface area contributed by atoms with Crippen molar-refractivity contribution >= 4 is 17.2 Å². The van der Waals surface area contributed by atoms with Gasteiger partial charge in [-0.05, 0) is 31.5 Å². The minimum atomic E-state index is -0.0440. The molecule has 30 heavy (non-hydrogen) atoms. The molecule has 152 valence electrons. The van der Waals surface area contributed by atoms with Gasteiger partial charge in [0.2, 0.25) is 5.91 Å². The normalized spacial score (nSPS) is 12.0. The van der Waals surface area contributed by atoms with Gasteiger partial charge in [0.05, 0.1) is 23.8 Å². The van der Waals surface area contributed by atoms with Crippen molar-refractivity contribution in [1.29, 1.82) is 0 Å². The van der Waals surface area contributed by atoms with Crippen molar-refractivity contribution < 1.29 is 4.79 Å². The lowest BCUT2D eigenvalue weighted by Gasteiger charge is -2.25. The summed E-state index contributed by atoms with van der Waals surface area (Å²) < 4.78 is 1.71. The highest BCUT2D eigenvalue weighted by Gasteiger charge is 2.19. The van der Waals surface area contributed by atoms with E-state index >= 15 is 0 Å². The zero-order chi connectivity index (χ0) is 21.1. The highest BCUT2D eigenvalue weighted by atomic mass is 32.1. The first-order valence-corrected chi connectivity index (χ1v) is 10.6. The van der Waals surface area contributed by atoms with Crippen LogP contribution < -0.4 is 0 Å². The van der Waals surface area contributed by atoms with Gasteiger partial charge in [-0.15, -0.1) is 11.3 Å². The number of benzene rings is 2. The predicted molar refractivity (Wildman–Crippen MR) is 119 cm³/mol. The molecule has 0 aliphatic carbocycles. The van der Waals surface area contributed by atoms with Crippen molar-refractivity contribution in [3.8, 4) is 16.3 Å². The smallest absolute Gasteiger partial charge is 0.228 e. The number of amides is 1. The first-order valence-electron chi connectivity index (χ1n) is 9.73. The quantitative estimate of drug-likeness (QED) is 0.465. The summed E-state index contributed by atoms with van der Waals surface area (Å²) in [7, 11) is 1.84. The van der Waals surface area contributed by atoms with Gasteiger partial charge in [0, 0.05) is 18.0 Å². The maximum atomic E-state index is 12.8. The van der Waals surface area contributed by atoms with E-state index in [0.29, 0.717) is 6.42 Å². The highest BCUT2D eigenvalue weighted by Crippen LogP contribution is 2.25. The van der Waals surface area contributed by atoms with Gasteiger partial charge in [0.1, 0.15) is 17.7 Å². The van der Waals surface area contributed by atoms with E-state index < -0.39 is 0 Å². The molecule has 0 N–H and O–H groups in total. The van der Waals surface area contributed by atoms with Crippen molar-refractivity contribution in [3.63, 3.8) is 0 Å².